The number of thiazole rings is 1. The van der Waals surface area contributed by atoms with E-state index in [0.29, 0.717) is 0 Å². The van der Waals surface area contributed by atoms with Crippen LogP contribution in [0.1, 0.15) is 49.2 Å². The maximum Gasteiger partial charge on any atom is 0.0940 e. The van der Waals surface area contributed by atoms with Crippen molar-refractivity contribution in [1.29, 1.82) is 0 Å². The summed E-state index contributed by atoms with van der Waals surface area (Å²) in [6.07, 6.45) is 9.42. The average molecular weight is 293 g/mol. The van der Waals surface area contributed by atoms with Gasteiger partial charge in [-0.15, -0.1) is 11.3 Å². The lowest BCUT2D eigenvalue weighted by atomic mass is 9.88. The van der Waals surface area contributed by atoms with Gasteiger partial charge in [-0.1, -0.05) is 12.8 Å². The molecular formula is C16H27N3S. The van der Waals surface area contributed by atoms with Crippen LogP contribution in [0, 0.1) is 12.8 Å². The summed E-state index contributed by atoms with van der Waals surface area (Å²) < 4.78 is 0. The third-order valence-corrected chi connectivity index (χ3v) is 5.87. The van der Waals surface area contributed by atoms with Gasteiger partial charge in [-0.3, -0.25) is 0 Å². The maximum atomic E-state index is 4.55. The second kappa shape index (κ2) is 7.01. The Bertz CT molecular complexity index is 412. The van der Waals surface area contributed by atoms with Crippen LogP contribution in [0.25, 0.3) is 0 Å². The Morgan fingerprint density at radius 2 is 2.25 bits per heavy atom. The lowest BCUT2D eigenvalue weighted by molar-refractivity contribution is 0.258. The molecule has 2 heterocycles. The van der Waals surface area contributed by atoms with Crippen molar-refractivity contribution in [2.75, 3.05) is 13.1 Å². The molecule has 1 saturated heterocycles. The van der Waals surface area contributed by atoms with Crippen LogP contribution in [0.3, 0.4) is 0 Å². The molecular weight excluding hydrogens is 266 g/mol. The first kappa shape index (κ1) is 14.5. The van der Waals surface area contributed by atoms with Gasteiger partial charge in [0, 0.05) is 36.1 Å². The van der Waals surface area contributed by atoms with Gasteiger partial charge in [0.05, 0.1) is 5.01 Å². The smallest absolute Gasteiger partial charge is 0.0940 e. The van der Waals surface area contributed by atoms with Crippen LogP contribution < -0.4 is 10.6 Å². The molecule has 1 aromatic rings. The molecule has 3 rings (SSSR count). The van der Waals surface area contributed by atoms with Gasteiger partial charge in [-0.05, 0) is 45.1 Å². The van der Waals surface area contributed by atoms with Gasteiger partial charge in [0.2, 0.25) is 0 Å². The lowest BCUT2D eigenvalue weighted by Gasteiger charge is -2.33. The topological polar surface area (TPSA) is 37.0 Å². The van der Waals surface area contributed by atoms with Gasteiger partial charge in [-0.25, -0.2) is 4.98 Å². The molecule has 1 aromatic heterocycles. The Balaban J connectivity index is 1.46. The number of nitrogens with one attached hydrogen (secondary N) is 2. The minimum Gasteiger partial charge on any atom is -0.314 e. The summed E-state index contributed by atoms with van der Waals surface area (Å²) in [5.74, 6) is 0.855. The van der Waals surface area contributed by atoms with Gasteiger partial charge in [0.25, 0.3) is 0 Å². The van der Waals surface area contributed by atoms with E-state index < -0.39 is 0 Å². The van der Waals surface area contributed by atoms with Crippen molar-refractivity contribution in [3.8, 4) is 0 Å². The van der Waals surface area contributed by atoms with Crippen LogP contribution >= 0.6 is 11.3 Å². The molecule has 2 fully saturated rings. The molecule has 3 nitrogen and oxygen atoms in total. The standard InChI is InChI=1S/C16H27N3S/c1-12-11-20-16(19-12)8-10-18-15-7-4-5-13(15)14-6-2-3-9-17-14/h11,13-15,17-18H,2-10H2,1H3. The molecule has 1 aliphatic carbocycles. The predicted octanol–water partition coefficient (Wildman–Crippen LogP) is 2.89. The number of rotatable bonds is 5. The van der Waals surface area contributed by atoms with E-state index in [1.54, 1.807) is 11.3 Å². The highest BCUT2D eigenvalue weighted by molar-refractivity contribution is 7.09. The zero-order valence-corrected chi connectivity index (χ0v) is 13.3. The number of hydrogen-bond donors (Lipinski definition) is 2. The SMILES string of the molecule is Cc1csc(CCNC2CCCC2C2CCCCN2)n1. The van der Waals surface area contributed by atoms with Crippen LogP contribution in [0.5, 0.6) is 0 Å². The average Bonchev–Trinajstić information content (AvgIpc) is 3.09. The van der Waals surface area contributed by atoms with E-state index in [4.69, 9.17) is 0 Å². The van der Waals surface area contributed by atoms with E-state index in [1.165, 1.54) is 50.1 Å². The maximum absolute atomic E-state index is 4.55. The highest BCUT2D eigenvalue weighted by atomic mass is 32.1. The summed E-state index contributed by atoms with van der Waals surface area (Å²) >= 11 is 1.80. The summed E-state index contributed by atoms with van der Waals surface area (Å²) in [5, 5.41) is 11.0. The molecule has 0 aromatic carbocycles. The molecule has 0 spiro atoms. The molecule has 2 N–H and O–H groups in total. The van der Waals surface area contributed by atoms with Gasteiger partial charge in [0.15, 0.2) is 0 Å². The molecule has 20 heavy (non-hydrogen) atoms. The third-order valence-electron chi connectivity index (χ3n) is 4.85. The second-order valence-corrected chi connectivity index (χ2v) is 7.29. The van der Waals surface area contributed by atoms with Gasteiger partial charge in [-0.2, -0.15) is 0 Å². The Labute approximate surface area is 126 Å². The molecule has 0 bridgehead atoms. The quantitative estimate of drug-likeness (QED) is 0.876. The highest BCUT2D eigenvalue weighted by Crippen LogP contribution is 2.31. The van der Waals surface area contributed by atoms with Crippen molar-refractivity contribution in [3.05, 3.63) is 16.1 Å². The lowest BCUT2D eigenvalue weighted by Crippen LogP contribution is -2.47. The highest BCUT2D eigenvalue weighted by Gasteiger charge is 2.33. The van der Waals surface area contributed by atoms with E-state index in [1.807, 2.05) is 0 Å². The summed E-state index contributed by atoms with van der Waals surface area (Å²) in [4.78, 5) is 4.55. The first-order valence-corrected chi connectivity index (χ1v) is 9.08. The van der Waals surface area contributed by atoms with Crippen LogP contribution in [0.15, 0.2) is 5.38 Å². The van der Waals surface area contributed by atoms with Crippen molar-refractivity contribution >= 4 is 11.3 Å². The second-order valence-electron chi connectivity index (χ2n) is 6.34. The fourth-order valence-electron chi connectivity index (χ4n) is 3.85. The predicted molar refractivity (Wildman–Crippen MR) is 85.3 cm³/mol. The van der Waals surface area contributed by atoms with Crippen molar-refractivity contribution in [2.45, 2.75) is 64.0 Å². The van der Waals surface area contributed by atoms with Crippen LogP contribution in [0.2, 0.25) is 0 Å². The fourth-order valence-corrected chi connectivity index (χ4v) is 4.63. The number of aromatic nitrogens is 1. The molecule has 1 saturated carbocycles. The van der Waals surface area contributed by atoms with Gasteiger partial charge < -0.3 is 10.6 Å². The van der Waals surface area contributed by atoms with Crippen LogP contribution in [0.4, 0.5) is 0 Å². The third kappa shape index (κ3) is 3.60. The minimum absolute atomic E-state index is 0.728. The van der Waals surface area contributed by atoms with E-state index in [2.05, 4.69) is 27.9 Å². The first-order valence-electron chi connectivity index (χ1n) is 8.21. The minimum atomic E-state index is 0.728. The number of aryl methyl sites for hydroxylation is 1. The van der Waals surface area contributed by atoms with Crippen molar-refractivity contribution in [2.24, 2.45) is 5.92 Å². The van der Waals surface area contributed by atoms with E-state index in [0.717, 1.165) is 36.7 Å². The van der Waals surface area contributed by atoms with Crippen molar-refractivity contribution in [3.63, 3.8) is 0 Å². The molecule has 1 aliphatic heterocycles. The number of piperidine rings is 1. The van der Waals surface area contributed by atoms with Gasteiger partial charge in [0.1, 0.15) is 0 Å². The molecule has 3 atom stereocenters. The molecule has 2 aliphatic rings. The van der Waals surface area contributed by atoms with E-state index in [-0.39, 0.29) is 0 Å². The summed E-state index contributed by atoms with van der Waals surface area (Å²) in [6.45, 7) is 4.39. The monoisotopic (exact) mass is 293 g/mol. The molecule has 112 valence electrons. The first-order chi connectivity index (χ1) is 9.83. The van der Waals surface area contributed by atoms with Crippen molar-refractivity contribution < 1.29 is 0 Å². The normalized spacial score (nSPS) is 30.8. The van der Waals surface area contributed by atoms with Crippen molar-refractivity contribution in [1.82, 2.24) is 15.6 Å². The summed E-state index contributed by atoms with van der Waals surface area (Å²) in [6, 6.07) is 1.50. The molecule has 4 heteroatoms. The fraction of sp³-hybridized carbons (Fsp3) is 0.812. The molecule has 3 unspecified atom stereocenters. The van der Waals surface area contributed by atoms with Crippen LogP contribution in [-0.2, 0) is 6.42 Å². The summed E-state index contributed by atoms with van der Waals surface area (Å²) in [7, 11) is 0. The van der Waals surface area contributed by atoms with Crippen LogP contribution in [-0.4, -0.2) is 30.2 Å². The Morgan fingerprint density at radius 1 is 1.30 bits per heavy atom. The number of nitrogens with zero attached hydrogens (tertiary/aromatic N) is 1. The number of hydrogen-bond acceptors (Lipinski definition) is 4. The Hall–Kier alpha value is -0.450. The van der Waals surface area contributed by atoms with E-state index in [9.17, 15) is 0 Å². The zero-order valence-electron chi connectivity index (χ0n) is 12.5. The Kier molecular flexibility index (Phi) is 5.08. The zero-order chi connectivity index (χ0) is 13.8. The van der Waals surface area contributed by atoms with E-state index >= 15 is 0 Å². The molecule has 0 amide bonds. The largest absolute Gasteiger partial charge is 0.314 e. The summed E-state index contributed by atoms with van der Waals surface area (Å²) in [5.41, 5.74) is 1.16. The Morgan fingerprint density at radius 3 is 3.00 bits per heavy atom. The molecule has 0 radical (unpaired) electrons. The van der Waals surface area contributed by atoms with Gasteiger partial charge >= 0.3 is 0 Å².